The summed E-state index contributed by atoms with van der Waals surface area (Å²) >= 11 is 0. The van der Waals surface area contributed by atoms with Crippen molar-refractivity contribution >= 4 is 10.0 Å². The van der Waals surface area contributed by atoms with Crippen LogP contribution in [0.5, 0.6) is 5.75 Å². The lowest BCUT2D eigenvalue weighted by Crippen LogP contribution is -2.21. The number of hydrogen-bond donors (Lipinski definition) is 2. The van der Waals surface area contributed by atoms with E-state index >= 15 is 0 Å². The molecule has 28 heavy (non-hydrogen) atoms. The van der Waals surface area contributed by atoms with E-state index in [4.69, 9.17) is 0 Å². The van der Waals surface area contributed by atoms with Gasteiger partial charge in [0.25, 0.3) is 0 Å². The van der Waals surface area contributed by atoms with Crippen LogP contribution in [-0.2, 0) is 22.0 Å². The van der Waals surface area contributed by atoms with Gasteiger partial charge in [-0.15, -0.1) is 0 Å². The molecule has 154 valence electrons. The maximum Gasteiger partial charge on any atom is 0.209 e. The van der Waals surface area contributed by atoms with Gasteiger partial charge in [0.15, 0.2) is 0 Å². The molecule has 0 bridgehead atoms. The lowest BCUT2D eigenvalue weighted by atomic mass is 9.79. The average molecular weight is 404 g/mol. The van der Waals surface area contributed by atoms with Gasteiger partial charge in [-0.2, -0.15) is 0 Å². The first kappa shape index (κ1) is 22.4. The quantitative estimate of drug-likeness (QED) is 0.525. The summed E-state index contributed by atoms with van der Waals surface area (Å²) in [5, 5.41) is 10.7. The summed E-state index contributed by atoms with van der Waals surface area (Å²) in [5.41, 5.74) is 3.51. The topological polar surface area (TPSA) is 66.4 Å². The van der Waals surface area contributed by atoms with E-state index < -0.39 is 10.0 Å². The van der Waals surface area contributed by atoms with Crippen molar-refractivity contribution in [2.24, 2.45) is 0 Å². The number of aromatic hydroxyl groups is 1. The van der Waals surface area contributed by atoms with Crippen molar-refractivity contribution < 1.29 is 13.5 Å². The Kier molecular flexibility index (Phi) is 7.67. The molecule has 0 saturated carbocycles. The van der Waals surface area contributed by atoms with Crippen LogP contribution in [0.15, 0.2) is 42.5 Å². The zero-order chi connectivity index (χ0) is 20.8. The molecule has 0 saturated heterocycles. The molecular formula is C23H33NO3S. The number of hydrogen-bond acceptors (Lipinski definition) is 3. The fourth-order valence-corrected chi connectivity index (χ4v) is 3.88. The van der Waals surface area contributed by atoms with Gasteiger partial charge in [-0.05, 0) is 34.6 Å². The van der Waals surface area contributed by atoms with Crippen LogP contribution < -0.4 is 4.72 Å². The zero-order valence-electron chi connectivity index (χ0n) is 17.5. The number of phenols is 1. The molecule has 2 aromatic rings. The van der Waals surface area contributed by atoms with Gasteiger partial charge in [0.2, 0.25) is 10.0 Å². The molecule has 0 aromatic heterocycles. The van der Waals surface area contributed by atoms with Crippen molar-refractivity contribution in [2.45, 2.75) is 64.8 Å². The summed E-state index contributed by atoms with van der Waals surface area (Å²) in [6.45, 7) is 6.85. The van der Waals surface area contributed by atoms with E-state index in [1.165, 1.54) is 25.7 Å². The van der Waals surface area contributed by atoms with Gasteiger partial charge in [-0.25, -0.2) is 13.1 Å². The normalized spacial score (nSPS) is 12.3. The summed E-state index contributed by atoms with van der Waals surface area (Å²) < 4.78 is 25.4. The molecular weight excluding hydrogens is 370 g/mol. The molecule has 0 radical (unpaired) electrons. The number of benzene rings is 2. The van der Waals surface area contributed by atoms with Crippen LogP contribution in [0.1, 0.15) is 64.0 Å². The third-order valence-electron chi connectivity index (χ3n) is 5.27. The van der Waals surface area contributed by atoms with Crippen molar-refractivity contribution in [1.82, 2.24) is 4.72 Å². The van der Waals surface area contributed by atoms with Gasteiger partial charge < -0.3 is 5.11 Å². The highest BCUT2D eigenvalue weighted by atomic mass is 32.2. The maximum absolute atomic E-state index is 11.4. The zero-order valence-corrected chi connectivity index (χ0v) is 18.3. The lowest BCUT2D eigenvalue weighted by Gasteiger charge is -2.26. The van der Waals surface area contributed by atoms with E-state index in [0.29, 0.717) is 0 Å². The predicted molar refractivity (Wildman–Crippen MR) is 117 cm³/mol. The molecule has 5 heteroatoms. The first-order valence-corrected chi connectivity index (χ1v) is 11.9. The second-order valence-electron chi connectivity index (χ2n) is 8.18. The van der Waals surface area contributed by atoms with Gasteiger partial charge in [-0.1, -0.05) is 82.9 Å². The second-order valence-corrected chi connectivity index (χ2v) is 10.0. The first-order valence-electron chi connectivity index (χ1n) is 10.0. The van der Waals surface area contributed by atoms with Gasteiger partial charge in [0.05, 0.1) is 6.26 Å². The summed E-state index contributed by atoms with van der Waals surface area (Å²) in [6, 6.07) is 13.4. The largest absolute Gasteiger partial charge is 0.507 e. The van der Waals surface area contributed by atoms with Crippen LogP contribution in [-0.4, -0.2) is 19.8 Å². The number of nitrogens with one attached hydrogen (secondary N) is 1. The van der Waals surface area contributed by atoms with E-state index in [-0.39, 0.29) is 17.7 Å². The summed E-state index contributed by atoms with van der Waals surface area (Å²) in [7, 11) is -3.28. The standard InChI is InChI=1S/C23H33NO3S/c1-5-6-7-10-15-23(2,3)19-13-14-21(22(25)16-19)20-12-9-8-11-18(20)17-24-28(4,26)27/h8-9,11-14,16,24-25H,5-7,10,15,17H2,1-4H3. The lowest BCUT2D eigenvalue weighted by molar-refractivity contribution is 0.438. The molecule has 0 heterocycles. The van der Waals surface area contributed by atoms with Crippen molar-refractivity contribution in [2.75, 3.05) is 6.26 Å². The number of rotatable bonds is 10. The molecule has 0 aliphatic heterocycles. The van der Waals surface area contributed by atoms with E-state index in [2.05, 4.69) is 31.6 Å². The molecule has 2 aromatic carbocycles. The highest BCUT2D eigenvalue weighted by Gasteiger charge is 2.22. The Bertz CT molecular complexity index is 888. The Labute approximate surface area is 170 Å². The van der Waals surface area contributed by atoms with Crippen molar-refractivity contribution in [3.05, 3.63) is 53.6 Å². The van der Waals surface area contributed by atoms with E-state index in [0.717, 1.165) is 34.9 Å². The Balaban J connectivity index is 2.25. The Morgan fingerprint density at radius 2 is 1.71 bits per heavy atom. The Morgan fingerprint density at radius 3 is 2.36 bits per heavy atom. The SMILES string of the molecule is CCCCCCC(C)(C)c1ccc(-c2ccccc2CNS(C)(=O)=O)c(O)c1. The smallest absolute Gasteiger partial charge is 0.209 e. The molecule has 4 nitrogen and oxygen atoms in total. The van der Waals surface area contributed by atoms with Crippen molar-refractivity contribution in [3.8, 4) is 16.9 Å². The molecule has 0 amide bonds. The van der Waals surface area contributed by atoms with Gasteiger partial charge in [0, 0.05) is 12.1 Å². The van der Waals surface area contributed by atoms with Crippen LogP contribution >= 0.6 is 0 Å². The molecule has 2 N–H and O–H groups in total. The summed E-state index contributed by atoms with van der Waals surface area (Å²) in [5.74, 6) is 0.228. The van der Waals surface area contributed by atoms with Crippen LogP contribution in [0, 0.1) is 0 Å². The van der Waals surface area contributed by atoms with Crippen LogP contribution in [0.4, 0.5) is 0 Å². The highest BCUT2D eigenvalue weighted by Crippen LogP contribution is 2.37. The number of sulfonamides is 1. The van der Waals surface area contributed by atoms with Crippen LogP contribution in [0.3, 0.4) is 0 Å². The molecule has 2 rings (SSSR count). The molecule has 0 aliphatic carbocycles. The monoisotopic (exact) mass is 403 g/mol. The molecule has 0 aliphatic rings. The van der Waals surface area contributed by atoms with E-state index in [1.54, 1.807) is 0 Å². The first-order chi connectivity index (χ1) is 13.1. The second kappa shape index (κ2) is 9.57. The van der Waals surface area contributed by atoms with Gasteiger partial charge in [0.1, 0.15) is 5.75 Å². The average Bonchev–Trinajstić information content (AvgIpc) is 2.63. The summed E-state index contributed by atoms with van der Waals surface area (Å²) in [4.78, 5) is 0. The third kappa shape index (κ3) is 6.35. The van der Waals surface area contributed by atoms with Gasteiger partial charge in [-0.3, -0.25) is 0 Å². The van der Waals surface area contributed by atoms with Crippen LogP contribution in [0.2, 0.25) is 0 Å². The minimum absolute atomic E-state index is 0.00110. The van der Waals surface area contributed by atoms with E-state index in [1.807, 2.05) is 36.4 Å². The number of unbranched alkanes of at least 4 members (excludes halogenated alkanes) is 3. The Hall–Kier alpha value is -1.85. The van der Waals surface area contributed by atoms with Crippen LogP contribution in [0.25, 0.3) is 11.1 Å². The van der Waals surface area contributed by atoms with Gasteiger partial charge >= 0.3 is 0 Å². The van der Waals surface area contributed by atoms with Crippen molar-refractivity contribution in [3.63, 3.8) is 0 Å². The minimum atomic E-state index is -3.28. The molecule has 0 fully saturated rings. The number of phenolic OH excluding ortho intramolecular Hbond substituents is 1. The minimum Gasteiger partial charge on any atom is -0.507 e. The Morgan fingerprint density at radius 1 is 1.00 bits per heavy atom. The third-order valence-corrected chi connectivity index (χ3v) is 5.94. The molecule has 0 atom stereocenters. The maximum atomic E-state index is 11.4. The highest BCUT2D eigenvalue weighted by molar-refractivity contribution is 7.88. The van der Waals surface area contributed by atoms with Crippen molar-refractivity contribution in [1.29, 1.82) is 0 Å². The van der Waals surface area contributed by atoms with E-state index in [9.17, 15) is 13.5 Å². The fraction of sp³-hybridized carbons (Fsp3) is 0.478. The molecule has 0 spiro atoms. The predicted octanol–water partition coefficient (Wildman–Crippen LogP) is 5.36. The fourth-order valence-electron chi connectivity index (χ4n) is 3.46. The summed E-state index contributed by atoms with van der Waals surface area (Å²) in [6.07, 6.45) is 7.14. The molecule has 0 unspecified atom stereocenters.